The molecule has 0 atom stereocenters. The molecule has 0 aliphatic carbocycles. The van der Waals surface area contributed by atoms with Crippen LogP contribution < -0.4 is 11.1 Å². The molecular formula is C14H19N3O3. The average molecular weight is 277 g/mol. The lowest BCUT2D eigenvalue weighted by atomic mass is 10.0. The zero-order chi connectivity index (χ0) is 14.4. The Hall–Kier alpha value is -2.08. The summed E-state index contributed by atoms with van der Waals surface area (Å²) in [6.45, 7) is 1.64. The summed E-state index contributed by atoms with van der Waals surface area (Å²) in [4.78, 5) is 24.9. The summed E-state index contributed by atoms with van der Waals surface area (Å²) in [5.74, 6) is -0.113. The zero-order valence-electron chi connectivity index (χ0n) is 11.2. The maximum absolute atomic E-state index is 12.2. The molecule has 0 spiro atoms. The number of rotatable bonds is 5. The van der Waals surface area contributed by atoms with Crippen LogP contribution in [0.5, 0.6) is 0 Å². The van der Waals surface area contributed by atoms with Crippen LogP contribution in [0, 0.1) is 0 Å². The Balaban J connectivity index is 2.04. The molecule has 0 radical (unpaired) electrons. The average Bonchev–Trinajstić information content (AvgIpc) is 2.96. The first kappa shape index (κ1) is 14.3. The SMILES string of the molecule is NC(=O)CN(C(=O)/C=C/c1ccco1)C1CCNCC1. The van der Waals surface area contributed by atoms with Gasteiger partial charge >= 0.3 is 0 Å². The van der Waals surface area contributed by atoms with E-state index in [1.54, 1.807) is 23.1 Å². The van der Waals surface area contributed by atoms with E-state index in [4.69, 9.17) is 10.2 Å². The maximum atomic E-state index is 12.2. The van der Waals surface area contributed by atoms with Crippen LogP contribution in [-0.2, 0) is 9.59 Å². The summed E-state index contributed by atoms with van der Waals surface area (Å²) in [6, 6.07) is 3.56. The summed E-state index contributed by atoms with van der Waals surface area (Å²) in [5, 5.41) is 3.23. The molecule has 1 fully saturated rings. The van der Waals surface area contributed by atoms with Gasteiger partial charge in [-0.3, -0.25) is 9.59 Å². The van der Waals surface area contributed by atoms with Crippen molar-refractivity contribution in [2.45, 2.75) is 18.9 Å². The second-order valence-corrected chi connectivity index (χ2v) is 4.76. The van der Waals surface area contributed by atoms with E-state index in [-0.39, 0.29) is 18.5 Å². The summed E-state index contributed by atoms with van der Waals surface area (Å²) in [5.41, 5.74) is 5.24. The van der Waals surface area contributed by atoms with Gasteiger partial charge in [0.05, 0.1) is 12.8 Å². The van der Waals surface area contributed by atoms with Crippen LogP contribution in [0.3, 0.4) is 0 Å². The minimum Gasteiger partial charge on any atom is -0.465 e. The number of hydrogen-bond donors (Lipinski definition) is 2. The van der Waals surface area contributed by atoms with Crippen LogP contribution in [0.2, 0.25) is 0 Å². The highest BCUT2D eigenvalue weighted by atomic mass is 16.3. The third-order valence-electron chi connectivity index (χ3n) is 3.29. The third kappa shape index (κ3) is 3.96. The number of amides is 2. The van der Waals surface area contributed by atoms with Crippen molar-refractivity contribution in [3.05, 3.63) is 30.2 Å². The van der Waals surface area contributed by atoms with E-state index >= 15 is 0 Å². The van der Waals surface area contributed by atoms with E-state index in [1.165, 1.54) is 12.3 Å². The second-order valence-electron chi connectivity index (χ2n) is 4.76. The van der Waals surface area contributed by atoms with Gasteiger partial charge < -0.3 is 20.4 Å². The van der Waals surface area contributed by atoms with Gasteiger partial charge in [-0.05, 0) is 44.1 Å². The van der Waals surface area contributed by atoms with Crippen molar-refractivity contribution < 1.29 is 14.0 Å². The molecule has 2 heterocycles. The predicted molar refractivity (Wildman–Crippen MR) is 74.5 cm³/mol. The number of primary amides is 1. The van der Waals surface area contributed by atoms with Gasteiger partial charge in [0, 0.05) is 12.1 Å². The molecule has 1 aromatic heterocycles. The monoisotopic (exact) mass is 277 g/mol. The molecule has 1 saturated heterocycles. The van der Waals surface area contributed by atoms with Crippen LogP contribution in [0.4, 0.5) is 0 Å². The number of nitrogens with two attached hydrogens (primary N) is 1. The molecule has 0 aromatic carbocycles. The predicted octanol–water partition coefficient (Wildman–Crippen LogP) is 0.359. The van der Waals surface area contributed by atoms with E-state index in [0.29, 0.717) is 5.76 Å². The largest absolute Gasteiger partial charge is 0.465 e. The fourth-order valence-electron chi connectivity index (χ4n) is 2.31. The van der Waals surface area contributed by atoms with E-state index < -0.39 is 5.91 Å². The number of nitrogens with zero attached hydrogens (tertiary/aromatic N) is 1. The van der Waals surface area contributed by atoms with Crippen molar-refractivity contribution in [3.63, 3.8) is 0 Å². The van der Waals surface area contributed by atoms with Crippen LogP contribution in [0.1, 0.15) is 18.6 Å². The number of carbonyl (C=O) groups excluding carboxylic acids is 2. The van der Waals surface area contributed by atoms with Gasteiger partial charge in [0.2, 0.25) is 11.8 Å². The molecule has 6 nitrogen and oxygen atoms in total. The number of nitrogens with one attached hydrogen (secondary N) is 1. The summed E-state index contributed by atoms with van der Waals surface area (Å²) >= 11 is 0. The highest BCUT2D eigenvalue weighted by Gasteiger charge is 2.25. The van der Waals surface area contributed by atoms with Gasteiger partial charge in [-0.2, -0.15) is 0 Å². The first-order valence-corrected chi connectivity index (χ1v) is 6.68. The molecule has 108 valence electrons. The number of furan rings is 1. The van der Waals surface area contributed by atoms with E-state index in [9.17, 15) is 9.59 Å². The molecular weight excluding hydrogens is 258 g/mol. The second kappa shape index (κ2) is 6.91. The normalized spacial score (nSPS) is 16.4. The smallest absolute Gasteiger partial charge is 0.247 e. The van der Waals surface area contributed by atoms with Crippen LogP contribution in [0.25, 0.3) is 6.08 Å². The molecule has 0 saturated carbocycles. The molecule has 6 heteroatoms. The number of hydrogen-bond acceptors (Lipinski definition) is 4. The Morgan fingerprint density at radius 2 is 2.20 bits per heavy atom. The first-order chi connectivity index (χ1) is 9.66. The van der Waals surface area contributed by atoms with Crippen molar-refractivity contribution >= 4 is 17.9 Å². The topological polar surface area (TPSA) is 88.6 Å². The van der Waals surface area contributed by atoms with Crippen LogP contribution in [0.15, 0.2) is 28.9 Å². The van der Waals surface area contributed by atoms with E-state index in [2.05, 4.69) is 5.32 Å². The van der Waals surface area contributed by atoms with Gasteiger partial charge in [0.25, 0.3) is 0 Å². The molecule has 2 rings (SSSR count). The van der Waals surface area contributed by atoms with Gasteiger partial charge in [0.1, 0.15) is 5.76 Å². The lowest BCUT2D eigenvalue weighted by molar-refractivity contribution is -0.133. The summed E-state index contributed by atoms with van der Waals surface area (Å²) < 4.78 is 5.13. The van der Waals surface area contributed by atoms with Gasteiger partial charge in [0.15, 0.2) is 0 Å². The van der Waals surface area contributed by atoms with Crippen molar-refractivity contribution in [1.82, 2.24) is 10.2 Å². The molecule has 3 N–H and O–H groups in total. The van der Waals surface area contributed by atoms with Crippen molar-refractivity contribution in [2.75, 3.05) is 19.6 Å². The number of carbonyl (C=O) groups is 2. The van der Waals surface area contributed by atoms with Crippen molar-refractivity contribution in [2.24, 2.45) is 5.73 Å². The lowest BCUT2D eigenvalue weighted by Gasteiger charge is -2.33. The molecule has 20 heavy (non-hydrogen) atoms. The number of piperidine rings is 1. The molecule has 1 aliphatic heterocycles. The quantitative estimate of drug-likeness (QED) is 0.760. The Bertz CT molecular complexity index is 476. The van der Waals surface area contributed by atoms with Gasteiger partial charge in [-0.1, -0.05) is 0 Å². The minimum atomic E-state index is -0.497. The highest BCUT2D eigenvalue weighted by Crippen LogP contribution is 2.13. The third-order valence-corrected chi connectivity index (χ3v) is 3.29. The van der Waals surface area contributed by atoms with Gasteiger partial charge in [-0.15, -0.1) is 0 Å². The standard InChI is InChI=1S/C14H19N3O3/c15-13(18)10-17(11-5-7-16-8-6-11)14(19)4-3-12-2-1-9-20-12/h1-4,9,11,16H,5-8,10H2,(H2,15,18)/b4-3+. The first-order valence-electron chi connectivity index (χ1n) is 6.68. The molecule has 1 aromatic rings. The Kier molecular flexibility index (Phi) is 4.95. The molecule has 0 unspecified atom stereocenters. The van der Waals surface area contributed by atoms with Gasteiger partial charge in [-0.25, -0.2) is 0 Å². The minimum absolute atomic E-state index is 0.0496. The fraction of sp³-hybridized carbons (Fsp3) is 0.429. The molecule has 0 bridgehead atoms. The summed E-state index contributed by atoms with van der Waals surface area (Å²) in [7, 11) is 0. The van der Waals surface area contributed by atoms with E-state index in [0.717, 1.165) is 25.9 Å². The zero-order valence-corrected chi connectivity index (χ0v) is 11.2. The highest BCUT2D eigenvalue weighted by molar-refractivity contribution is 5.94. The Morgan fingerprint density at radius 1 is 1.45 bits per heavy atom. The van der Waals surface area contributed by atoms with Crippen molar-refractivity contribution in [3.8, 4) is 0 Å². The summed E-state index contributed by atoms with van der Waals surface area (Å²) in [6.07, 6.45) is 6.21. The molecule has 1 aliphatic rings. The fourth-order valence-corrected chi connectivity index (χ4v) is 2.31. The Morgan fingerprint density at radius 3 is 2.80 bits per heavy atom. The van der Waals surface area contributed by atoms with Crippen molar-refractivity contribution in [1.29, 1.82) is 0 Å². The van der Waals surface area contributed by atoms with E-state index in [1.807, 2.05) is 0 Å². The Labute approximate surface area is 117 Å². The molecule has 2 amide bonds. The van der Waals surface area contributed by atoms with Crippen LogP contribution >= 0.6 is 0 Å². The maximum Gasteiger partial charge on any atom is 0.247 e. The van der Waals surface area contributed by atoms with Crippen LogP contribution in [-0.4, -0.2) is 42.4 Å². The lowest BCUT2D eigenvalue weighted by Crippen LogP contribution is -2.48.